The van der Waals surface area contributed by atoms with Gasteiger partial charge in [0.1, 0.15) is 5.75 Å². The number of benzene rings is 1. The van der Waals surface area contributed by atoms with Gasteiger partial charge in [-0.1, -0.05) is 6.66 Å². The smallest absolute Gasteiger partial charge is 0.116 e. The molecule has 2 nitrogen and oxygen atoms in total. The Hall–Kier alpha value is -0.750. The molecule has 1 atom stereocenters. The van der Waals surface area contributed by atoms with E-state index in [1.54, 1.807) is 6.07 Å². The van der Waals surface area contributed by atoms with Crippen LogP contribution in [0.3, 0.4) is 0 Å². The topological polar surface area (TPSA) is 32.3 Å². The molecule has 1 unspecified atom stereocenters. The van der Waals surface area contributed by atoms with Gasteiger partial charge in [-0.25, -0.2) is 0 Å². The van der Waals surface area contributed by atoms with E-state index in [0.717, 1.165) is 19.4 Å². The Kier molecular flexibility index (Phi) is 4.04. The van der Waals surface area contributed by atoms with Gasteiger partial charge in [0.25, 0.3) is 0 Å². The summed E-state index contributed by atoms with van der Waals surface area (Å²) in [6, 6.07) is 5.49. The third kappa shape index (κ3) is 2.60. The highest BCUT2D eigenvalue weighted by Gasteiger charge is 2.07. The normalized spacial score (nSPS) is 13.4. The summed E-state index contributed by atoms with van der Waals surface area (Å²) in [4.78, 5) is 0. The first-order valence-corrected chi connectivity index (χ1v) is 5.65. The average Bonchev–Trinajstić information content (AvgIpc) is 2.21. The third-order valence-corrected chi connectivity index (χ3v) is 2.03. The Bertz CT molecular complexity index is 276. The maximum atomic E-state index is 9.16. The molecule has 13 heavy (non-hydrogen) atoms. The van der Waals surface area contributed by atoms with Crippen molar-refractivity contribution in [1.29, 1.82) is 0 Å². The minimum absolute atomic E-state index is 0.368. The fourth-order valence-corrected chi connectivity index (χ4v) is 1.46. The second-order valence-electron chi connectivity index (χ2n) is 2.87. The molecule has 0 bridgehead atoms. The zero-order valence-electron chi connectivity index (χ0n) is 7.88. The van der Waals surface area contributed by atoms with E-state index in [9.17, 15) is 0 Å². The summed E-state index contributed by atoms with van der Waals surface area (Å²) in [5, 5.41) is 12.4. The van der Waals surface area contributed by atoms with Crippen LogP contribution in [0.4, 0.5) is 5.69 Å². The Balaban J connectivity index is 0.000000396. The number of rotatable bonds is 0. The lowest BCUT2D eigenvalue weighted by atomic mass is 10.0. The summed E-state index contributed by atoms with van der Waals surface area (Å²) in [6.45, 7) is 2.97. The molecule has 1 aromatic carbocycles. The minimum atomic E-state index is 0.368. The highest BCUT2D eigenvalue weighted by molar-refractivity contribution is 7.15. The Morgan fingerprint density at radius 2 is 2.15 bits per heavy atom. The average molecular weight is 197 g/mol. The van der Waals surface area contributed by atoms with Gasteiger partial charge in [-0.2, -0.15) is 0 Å². The molecule has 2 N–H and O–H groups in total. The number of aryl methyl sites for hydroxylation is 1. The zero-order chi connectivity index (χ0) is 9.68. The van der Waals surface area contributed by atoms with Crippen LogP contribution in [0.15, 0.2) is 18.2 Å². The molecule has 72 valence electrons. The van der Waals surface area contributed by atoms with Crippen LogP contribution in [0, 0.1) is 0 Å². The lowest BCUT2D eigenvalue weighted by Crippen LogP contribution is -2.10. The number of hydrogen-bond donors (Lipinski definition) is 2. The summed E-state index contributed by atoms with van der Waals surface area (Å²) < 4.78 is 0. The van der Waals surface area contributed by atoms with Crippen molar-refractivity contribution < 1.29 is 5.11 Å². The van der Waals surface area contributed by atoms with Crippen LogP contribution in [-0.2, 0) is 6.42 Å². The van der Waals surface area contributed by atoms with Gasteiger partial charge in [0.2, 0.25) is 0 Å². The molecule has 0 spiro atoms. The monoisotopic (exact) mass is 197 g/mol. The molecule has 1 aromatic rings. The summed E-state index contributed by atoms with van der Waals surface area (Å²) in [5.41, 5.74) is 2.41. The van der Waals surface area contributed by atoms with E-state index < -0.39 is 0 Å². The molecule has 1 heterocycles. The Morgan fingerprint density at radius 3 is 2.92 bits per heavy atom. The summed E-state index contributed by atoms with van der Waals surface area (Å²) in [6.07, 6.45) is 2.24. The maximum Gasteiger partial charge on any atom is 0.116 e. The highest BCUT2D eigenvalue weighted by atomic mass is 31.0. The largest absolute Gasteiger partial charge is 0.508 e. The van der Waals surface area contributed by atoms with Crippen molar-refractivity contribution in [2.75, 3.05) is 18.5 Å². The van der Waals surface area contributed by atoms with Crippen LogP contribution in [0.1, 0.15) is 12.0 Å². The highest BCUT2D eigenvalue weighted by Crippen LogP contribution is 2.25. The molecule has 2 rings (SSSR count). The van der Waals surface area contributed by atoms with Crippen LogP contribution >= 0.6 is 9.24 Å². The molecule has 0 aromatic heterocycles. The van der Waals surface area contributed by atoms with E-state index >= 15 is 0 Å². The first-order valence-electron chi connectivity index (χ1n) is 4.50. The molecule has 0 radical (unpaired) electrons. The van der Waals surface area contributed by atoms with Gasteiger partial charge in [-0.3, -0.25) is 0 Å². The van der Waals surface area contributed by atoms with Gasteiger partial charge in [0.15, 0.2) is 0 Å². The molecular formula is C10H16NOP. The van der Waals surface area contributed by atoms with Crippen molar-refractivity contribution in [3.63, 3.8) is 0 Å². The van der Waals surface area contributed by atoms with E-state index in [0.29, 0.717) is 5.75 Å². The SMILES string of the molecule is CP.Oc1ccc2c(c1)CCCN2. The van der Waals surface area contributed by atoms with Crippen LogP contribution < -0.4 is 5.32 Å². The van der Waals surface area contributed by atoms with Crippen LogP contribution in [0.25, 0.3) is 0 Å². The van der Waals surface area contributed by atoms with Gasteiger partial charge in [-0.15, -0.1) is 9.24 Å². The molecule has 0 aliphatic carbocycles. The summed E-state index contributed by atoms with van der Waals surface area (Å²) in [5.74, 6) is 0.368. The molecular weight excluding hydrogens is 181 g/mol. The van der Waals surface area contributed by atoms with Crippen molar-refractivity contribution in [2.24, 2.45) is 0 Å². The second-order valence-corrected chi connectivity index (χ2v) is 2.87. The van der Waals surface area contributed by atoms with Gasteiger partial charge in [-0.05, 0) is 36.6 Å². The number of phenolic OH excluding ortho intramolecular Hbond substituents is 1. The van der Waals surface area contributed by atoms with E-state index in [2.05, 4.69) is 14.6 Å². The van der Waals surface area contributed by atoms with Crippen molar-refractivity contribution in [3.05, 3.63) is 23.8 Å². The van der Waals surface area contributed by atoms with Gasteiger partial charge >= 0.3 is 0 Å². The van der Waals surface area contributed by atoms with E-state index in [4.69, 9.17) is 5.11 Å². The van der Waals surface area contributed by atoms with Crippen molar-refractivity contribution in [3.8, 4) is 5.75 Å². The van der Waals surface area contributed by atoms with Crippen LogP contribution in [-0.4, -0.2) is 18.3 Å². The fourth-order valence-electron chi connectivity index (χ4n) is 1.46. The van der Waals surface area contributed by atoms with Gasteiger partial charge in [0.05, 0.1) is 0 Å². The number of aromatic hydroxyl groups is 1. The molecule has 0 fully saturated rings. The number of hydrogen-bond acceptors (Lipinski definition) is 2. The molecule has 0 amide bonds. The number of phenols is 1. The lowest BCUT2D eigenvalue weighted by Gasteiger charge is -2.17. The van der Waals surface area contributed by atoms with Gasteiger partial charge in [0, 0.05) is 12.2 Å². The zero-order valence-corrected chi connectivity index (χ0v) is 9.03. The number of anilines is 1. The number of fused-ring (bicyclic) bond motifs is 1. The number of nitrogens with one attached hydrogen (secondary N) is 1. The lowest BCUT2D eigenvalue weighted by molar-refractivity contribution is 0.474. The molecule has 0 saturated heterocycles. The Morgan fingerprint density at radius 1 is 1.38 bits per heavy atom. The minimum Gasteiger partial charge on any atom is -0.508 e. The van der Waals surface area contributed by atoms with Crippen molar-refractivity contribution in [1.82, 2.24) is 0 Å². The molecule has 0 saturated carbocycles. The molecule has 3 heteroatoms. The standard InChI is InChI=1S/C9H11NO.CH5P/c11-8-3-4-9-7(6-8)2-1-5-10-9;1-2/h3-4,6,10-11H,1-2,5H2;2H2,1H3. The fraction of sp³-hybridized carbons (Fsp3) is 0.400. The van der Waals surface area contributed by atoms with Gasteiger partial charge < -0.3 is 10.4 Å². The van der Waals surface area contributed by atoms with E-state index in [-0.39, 0.29) is 0 Å². The second kappa shape index (κ2) is 5.08. The molecule has 1 aliphatic heterocycles. The van der Waals surface area contributed by atoms with E-state index in [1.165, 1.54) is 11.3 Å². The Labute approximate surface area is 81.6 Å². The van der Waals surface area contributed by atoms with E-state index in [1.807, 2.05) is 18.8 Å². The maximum absolute atomic E-state index is 9.16. The van der Waals surface area contributed by atoms with Crippen molar-refractivity contribution in [2.45, 2.75) is 12.8 Å². The first-order chi connectivity index (χ1) is 6.36. The predicted molar refractivity (Wildman–Crippen MR) is 60.6 cm³/mol. The van der Waals surface area contributed by atoms with Crippen LogP contribution in [0.5, 0.6) is 5.75 Å². The quantitative estimate of drug-likeness (QED) is 0.494. The summed E-state index contributed by atoms with van der Waals surface area (Å²) in [7, 11) is 2.42. The third-order valence-electron chi connectivity index (χ3n) is 2.03. The van der Waals surface area contributed by atoms with Crippen LogP contribution in [0.2, 0.25) is 0 Å². The first kappa shape index (κ1) is 10.3. The van der Waals surface area contributed by atoms with Crippen molar-refractivity contribution >= 4 is 14.9 Å². The summed E-state index contributed by atoms with van der Waals surface area (Å²) >= 11 is 0. The molecule has 1 aliphatic rings. The predicted octanol–water partition coefficient (Wildman–Crippen LogP) is 2.24.